The van der Waals surface area contributed by atoms with Gasteiger partial charge in [-0.2, -0.15) is 0 Å². The molecule has 1 aromatic carbocycles. The second-order valence-corrected chi connectivity index (χ2v) is 3.32. The molecule has 0 aliphatic rings. The number of para-hydroxylation sites is 2. The van der Waals surface area contributed by atoms with E-state index in [1.807, 2.05) is 0 Å². The normalized spacial score (nSPS) is 10.1. The molecule has 0 unspecified atom stereocenters. The van der Waals surface area contributed by atoms with Gasteiger partial charge in [-0.25, -0.2) is 0 Å². The highest BCUT2D eigenvalue weighted by molar-refractivity contribution is 6.05. The van der Waals surface area contributed by atoms with Crippen molar-refractivity contribution in [2.24, 2.45) is 0 Å². The largest absolute Gasteiger partial charge is 0.495 e. The van der Waals surface area contributed by atoms with Crippen LogP contribution in [0.15, 0.2) is 28.9 Å². The second kappa shape index (κ2) is 4.62. The van der Waals surface area contributed by atoms with Crippen LogP contribution >= 0.6 is 0 Å². The summed E-state index contributed by atoms with van der Waals surface area (Å²) in [6.45, 7) is 0. The van der Waals surface area contributed by atoms with Gasteiger partial charge in [0.2, 0.25) is 0 Å². The summed E-state index contributed by atoms with van der Waals surface area (Å²) < 4.78 is 9.26. The summed E-state index contributed by atoms with van der Waals surface area (Å²) in [5, 5.41) is 16.8. The number of ether oxygens (including phenoxy) is 1. The number of hydrogen-bond donors (Lipinski definition) is 2. The van der Waals surface area contributed by atoms with E-state index in [0.29, 0.717) is 11.4 Å². The molecule has 1 amide bonds. The summed E-state index contributed by atoms with van der Waals surface area (Å²) in [6.07, 6.45) is 0. The molecule has 2 rings (SSSR count). The van der Waals surface area contributed by atoms with Gasteiger partial charge in [-0.05, 0) is 17.0 Å². The zero-order chi connectivity index (χ0) is 13.1. The summed E-state index contributed by atoms with van der Waals surface area (Å²) in [5.41, 5.74) is 5.35. The van der Waals surface area contributed by atoms with Crippen LogP contribution in [0.4, 0.5) is 11.5 Å². The molecule has 0 bridgehead atoms. The van der Waals surface area contributed by atoms with Crippen molar-refractivity contribution in [3.8, 4) is 5.75 Å². The quantitative estimate of drug-likeness (QED) is 0.749. The standard InChI is InChI=1S/C10H10N4O4/c1-17-7-5-3-2-4-6(7)12-10(15)8-9(11)13-18-14(8)16/h2-5H,1H3,(H2,11,13)(H,12,15). The Morgan fingerprint density at radius 3 is 2.89 bits per heavy atom. The fraction of sp³-hybridized carbons (Fsp3) is 0.100. The lowest BCUT2D eigenvalue weighted by Gasteiger charge is -2.08. The first-order valence-corrected chi connectivity index (χ1v) is 4.93. The summed E-state index contributed by atoms with van der Waals surface area (Å²) in [5.74, 6) is -0.552. The molecule has 1 aromatic heterocycles. The lowest BCUT2D eigenvalue weighted by Crippen LogP contribution is -2.34. The number of nitrogens with two attached hydrogens (primary N) is 1. The van der Waals surface area contributed by atoms with Crippen molar-refractivity contribution in [1.29, 1.82) is 0 Å². The van der Waals surface area contributed by atoms with Gasteiger partial charge in [-0.15, -0.1) is 0 Å². The van der Waals surface area contributed by atoms with Crippen molar-refractivity contribution in [2.75, 3.05) is 18.2 Å². The van der Waals surface area contributed by atoms with Gasteiger partial charge >= 0.3 is 17.4 Å². The molecular weight excluding hydrogens is 240 g/mol. The summed E-state index contributed by atoms with van der Waals surface area (Å²) in [6, 6.07) is 6.74. The maximum Gasteiger partial charge on any atom is 0.318 e. The van der Waals surface area contributed by atoms with E-state index in [2.05, 4.69) is 15.1 Å². The van der Waals surface area contributed by atoms with Crippen LogP contribution < -0.4 is 20.7 Å². The number of carbonyl (C=O) groups excluding carboxylic acids is 1. The average molecular weight is 250 g/mol. The van der Waals surface area contributed by atoms with Gasteiger partial charge in [0, 0.05) is 0 Å². The SMILES string of the molecule is COc1ccccc1NC(=O)c1c(N)no[n+]1[O-]. The molecule has 0 fully saturated rings. The average Bonchev–Trinajstić information content (AvgIpc) is 2.69. The van der Waals surface area contributed by atoms with E-state index < -0.39 is 11.6 Å². The van der Waals surface area contributed by atoms with E-state index in [0.717, 1.165) is 0 Å². The van der Waals surface area contributed by atoms with Gasteiger partial charge in [0.1, 0.15) is 5.75 Å². The highest BCUT2D eigenvalue weighted by Crippen LogP contribution is 2.23. The first kappa shape index (κ1) is 11.7. The van der Waals surface area contributed by atoms with Gasteiger partial charge in [0.05, 0.1) is 18.0 Å². The van der Waals surface area contributed by atoms with Crippen LogP contribution in [0, 0.1) is 5.21 Å². The van der Waals surface area contributed by atoms with Gasteiger partial charge in [0.15, 0.2) is 0 Å². The van der Waals surface area contributed by atoms with E-state index in [1.54, 1.807) is 24.3 Å². The number of nitrogen functional groups attached to an aromatic ring is 1. The van der Waals surface area contributed by atoms with Crippen LogP contribution in [0.5, 0.6) is 5.75 Å². The molecule has 0 radical (unpaired) electrons. The molecule has 3 N–H and O–H groups in total. The van der Waals surface area contributed by atoms with Gasteiger partial charge in [0.25, 0.3) is 0 Å². The molecule has 0 saturated heterocycles. The second-order valence-electron chi connectivity index (χ2n) is 3.32. The number of nitrogens with zero attached hydrogens (tertiary/aromatic N) is 2. The molecule has 8 heteroatoms. The molecule has 2 aromatic rings. The zero-order valence-electron chi connectivity index (χ0n) is 9.41. The lowest BCUT2D eigenvalue weighted by atomic mass is 10.3. The first-order chi connectivity index (χ1) is 8.63. The molecule has 0 aliphatic carbocycles. The van der Waals surface area contributed by atoms with Crippen molar-refractivity contribution >= 4 is 17.4 Å². The number of carbonyl (C=O) groups is 1. The third-order valence-corrected chi connectivity index (χ3v) is 2.21. The Balaban J connectivity index is 2.27. The number of amides is 1. The summed E-state index contributed by atoms with van der Waals surface area (Å²) in [4.78, 5) is 11.8. The van der Waals surface area contributed by atoms with Crippen molar-refractivity contribution in [2.45, 2.75) is 0 Å². The number of methoxy groups -OCH3 is 1. The Labute approximate surface area is 101 Å². The van der Waals surface area contributed by atoms with Crippen molar-refractivity contribution < 1.29 is 19.1 Å². The van der Waals surface area contributed by atoms with Gasteiger partial charge in [-0.3, -0.25) is 9.42 Å². The van der Waals surface area contributed by atoms with Gasteiger partial charge in [-0.1, -0.05) is 12.1 Å². The van der Waals surface area contributed by atoms with Crippen LogP contribution in [-0.2, 0) is 0 Å². The Kier molecular flexibility index (Phi) is 3.00. The maximum absolute atomic E-state index is 11.8. The molecule has 94 valence electrons. The molecule has 1 heterocycles. The number of rotatable bonds is 3. The highest BCUT2D eigenvalue weighted by atomic mass is 16.8. The van der Waals surface area contributed by atoms with E-state index in [9.17, 15) is 10.0 Å². The van der Waals surface area contributed by atoms with Crippen LogP contribution in [0.3, 0.4) is 0 Å². The number of anilines is 2. The number of hydrogen-bond acceptors (Lipinski definition) is 6. The van der Waals surface area contributed by atoms with Crippen LogP contribution in [0.1, 0.15) is 10.5 Å². The third kappa shape index (κ3) is 2.03. The number of benzene rings is 1. The minimum absolute atomic E-state index is 0.0555. The Hall–Kier alpha value is -2.77. The zero-order valence-corrected chi connectivity index (χ0v) is 9.41. The van der Waals surface area contributed by atoms with Crippen molar-refractivity contribution in [3.63, 3.8) is 0 Å². The fourth-order valence-corrected chi connectivity index (χ4v) is 1.39. The van der Waals surface area contributed by atoms with Crippen molar-refractivity contribution in [3.05, 3.63) is 35.2 Å². The number of nitrogens with one attached hydrogen (secondary N) is 1. The topological polar surface area (TPSA) is 117 Å². The Bertz CT molecular complexity index is 562. The predicted octanol–water partition coefficient (Wildman–Crippen LogP) is 0.151. The Morgan fingerprint density at radius 2 is 2.28 bits per heavy atom. The van der Waals surface area contributed by atoms with Crippen LogP contribution in [0.25, 0.3) is 0 Å². The number of aromatic nitrogens is 2. The van der Waals surface area contributed by atoms with Crippen LogP contribution in [0.2, 0.25) is 0 Å². The summed E-state index contributed by atoms with van der Waals surface area (Å²) in [7, 11) is 1.46. The minimum atomic E-state index is -0.728. The summed E-state index contributed by atoms with van der Waals surface area (Å²) >= 11 is 0. The molecular formula is C10H10N4O4. The Morgan fingerprint density at radius 1 is 1.56 bits per heavy atom. The third-order valence-electron chi connectivity index (χ3n) is 2.21. The minimum Gasteiger partial charge on any atom is -0.495 e. The molecule has 0 atom stereocenters. The van der Waals surface area contributed by atoms with E-state index >= 15 is 0 Å². The molecule has 0 spiro atoms. The first-order valence-electron chi connectivity index (χ1n) is 4.93. The van der Waals surface area contributed by atoms with Crippen LogP contribution in [-0.4, -0.2) is 18.2 Å². The monoisotopic (exact) mass is 250 g/mol. The maximum atomic E-state index is 11.8. The highest BCUT2D eigenvalue weighted by Gasteiger charge is 2.25. The predicted molar refractivity (Wildman–Crippen MR) is 60.8 cm³/mol. The smallest absolute Gasteiger partial charge is 0.318 e. The molecule has 18 heavy (non-hydrogen) atoms. The fourth-order valence-electron chi connectivity index (χ4n) is 1.39. The molecule has 0 aliphatic heterocycles. The van der Waals surface area contributed by atoms with Crippen molar-refractivity contribution in [1.82, 2.24) is 5.16 Å². The van der Waals surface area contributed by atoms with E-state index in [4.69, 9.17) is 10.5 Å². The molecule has 8 nitrogen and oxygen atoms in total. The lowest BCUT2D eigenvalue weighted by molar-refractivity contribution is -0.803. The van der Waals surface area contributed by atoms with E-state index in [-0.39, 0.29) is 10.7 Å². The van der Waals surface area contributed by atoms with Gasteiger partial charge < -0.3 is 21.0 Å². The molecule has 0 saturated carbocycles. The van der Waals surface area contributed by atoms with E-state index in [1.165, 1.54) is 7.11 Å².